The number of hydrogen-bond acceptors (Lipinski definition) is 4. The topological polar surface area (TPSA) is 64.3 Å². The van der Waals surface area contributed by atoms with E-state index in [9.17, 15) is 4.79 Å². The van der Waals surface area contributed by atoms with E-state index in [4.69, 9.17) is 10.5 Å². The molecule has 1 saturated carbocycles. The van der Waals surface area contributed by atoms with Crippen LogP contribution < -0.4 is 11.1 Å². The lowest BCUT2D eigenvalue weighted by Gasteiger charge is -2.57. The third-order valence-corrected chi connectivity index (χ3v) is 5.00. The molecule has 0 aromatic carbocycles. The van der Waals surface area contributed by atoms with Crippen LogP contribution in [0.5, 0.6) is 0 Å². The van der Waals surface area contributed by atoms with E-state index in [1.54, 1.807) is 11.3 Å². The fourth-order valence-corrected chi connectivity index (χ4v) is 3.22. The van der Waals surface area contributed by atoms with E-state index >= 15 is 0 Å². The first-order chi connectivity index (χ1) is 8.91. The molecule has 0 aliphatic heterocycles. The number of nitrogens with one attached hydrogen (secondary N) is 1. The summed E-state index contributed by atoms with van der Waals surface area (Å²) in [4.78, 5) is 12.3. The predicted molar refractivity (Wildman–Crippen MR) is 76.9 cm³/mol. The van der Waals surface area contributed by atoms with Gasteiger partial charge in [0.25, 0.3) is 0 Å². The van der Waals surface area contributed by atoms with Crippen LogP contribution in [0.25, 0.3) is 0 Å². The Morgan fingerprint density at radius 1 is 1.63 bits per heavy atom. The lowest BCUT2D eigenvalue weighted by Crippen LogP contribution is -2.75. The van der Waals surface area contributed by atoms with Gasteiger partial charge >= 0.3 is 0 Å². The number of rotatable bonds is 5. The van der Waals surface area contributed by atoms with Gasteiger partial charge in [0.05, 0.1) is 6.10 Å². The summed E-state index contributed by atoms with van der Waals surface area (Å²) in [5.41, 5.74) is 6.24. The summed E-state index contributed by atoms with van der Waals surface area (Å²) >= 11 is 1.62. The van der Waals surface area contributed by atoms with Crippen LogP contribution in [-0.2, 0) is 16.1 Å². The Morgan fingerprint density at radius 3 is 2.89 bits per heavy atom. The van der Waals surface area contributed by atoms with Crippen molar-refractivity contribution < 1.29 is 9.53 Å². The van der Waals surface area contributed by atoms with Crippen molar-refractivity contribution in [1.29, 1.82) is 0 Å². The highest BCUT2D eigenvalue weighted by atomic mass is 32.1. The molecule has 19 heavy (non-hydrogen) atoms. The van der Waals surface area contributed by atoms with Crippen molar-refractivity contribution in [1.82, 2.24) is 5.32 Å². The van der Waals surface area contributed by atoms with Crippen molar-refractivity contribution in [3.8, 4) is 0 Å². The minimum atomic E-state index is -0.830. The first kappa shape index (κ1) is 14.5. The van der Waals surface area contributed by atoms with Crippen LogP contribution in [0.15, 0.2) is 16.8 Å². The Balaban J connectivity index is 1.95. The zero-order valence-electron chi connectivity index (χ0n) is 11.7. The molecule has 2 atom stereocenters. The largest absolute Gasteiger partial charge is 0.378 e. The second kappa shape index (κ2) is 5.23. The van der Waals surface area contributed by atoms with E-state index in [-0.39, 0.29) is 17.4 Å². The molecule has 4 nitrogen and oxygen atoms in total. The van der Waals surface area contributed by atoms with Gasteiger partial charge in [0, 0.05) is 25.0 Å². The van der Waals surface area contributed by atoms with Gasteiger partial charge in [-0.25, -0.2) is 0 Å². The van der Waals surface area contributed by atoms with Gasteiger partial charge in [0.1, 0.15) is 5.54 Å². The lowest BCUT2D eigenvalue weighted by atomic mass is 9.54. The van der Waals surface area contributed by atoms with E-state index in [2.05, 4.69) is 5.32 Å². The molecule has 0 spiro atoms. The smallest absolute Gasteiger partial charge is 0.241 e. The highest BCUT2D eigenvalue weighted by Gasteiger charge is 2.62. The Hall–Kier alpha value is -0.910. The lowest BCUT2D eigenvalue weighted by molar-refractivity contribution is -0.170. The highest BCUT2D eigenvalue weighted by Crippen LogP contribution is 2.49. The fourth-order valence-electron chi connectivity index (χ4n) is 2.55. The molecule has 0 saturated heterocycles. The Bertz CT molecular complexity index is 444. The van der Waals surface area contributed by atoms with Crippen LogP contribution in [0, 0.1) is 5.41 Å². The average molecular weight is 282 g/mol. The van der Waals surface area contributed by atoms with E-state index in [1.807, 2.05) is 37.6 Å². The van der Waals surface area contributed by atoms with Crippen LogP contribution in [0.3, 0.4) is 0 Å². The summed E-state index contributed by atoms with van der Waals surface area (Å²) in [6, 6.07) is 2.00. The number of carbonyl (C=O) groups is 1. The van der Waals surface area contributed by atoms with Gasteiger partial charge in [0.15, 0.2) is 0 Å². The zero-order chi connectivity index (χ0) is 14.1. The average Bonchev–Trinajstić information content (AvgIpc) is 2.88. The molecule has 1 aliphatic rings. The molecule has 1 aliphatic carbocycles. The van der Waals surface area contributed by atoms with Crippen molar-refractivity contribution in [3.63, 3.8) is 0 Å². The maximum absolute atomic E-state index is 12.3. The maximum Gasteiger partial charge on any atom is 0.241 e. The van der Waals surface area contributed by atoms with E-state index < -0.39 is 5.54 Å². The predicted octanol–water partition coefficient (Wildman–Crippen LogP) is 1.90. The van der Waals surface area contributed by atoms with E-state index in [1.165, 1.54) is 0 Å². The van der Waals surface area contributed by atoms with Gasteiger partial charge < -0.3 is 15.8 Å². The molecule has 2 rings (SSSR count). The molecule has 3 N–H and O–H groups in total. The highest BCUT2D eigenvalue weighted by molar-refractivity contribution is 7.07. The SMILES string of the molecule is CCOC1CC(N)(C(=O)NCc2ccsc2)C1(C)C. The van der Waals surface area contributed by atoms with Crippen LogP contribution in [0.4, 0.5) is 0 Å². The zero-order valence-corrected chi connectivity index (χ0v) is 12.5. The second-order valence-corrected chi connectivity index (χ2v) is 6.44. The fraction of sp³-hybridized carbons (Fsp3) is 0.643. The summed E-state index contributed by atoms with van der Waals surface area (Å²) in [6.07, 6.45) is 0.651. The molecular weight excluding hydrogens is 260 g/mol. The molecule has 1 aromatic rings. The first-order valence-electron chi connectivity index (χ1n) is 6.61. The minimum absolute atomic E-state index is 0.0643. The number of hydrogen-bond donors (Lipinski definition) is 2. The number of carbonyl (C=O) groups excluding carboxylic acids is 1. The van der Waals surface area contributed by atoms with Crippen LogP contribution >= 0.6 is 11.3 Å². The third-order valence-electron chi connectivity index (χ3n) is 4.27. The van der Waals surface area contributed by atoms with Gasteiger partial charge in [-0.05, 0) is 29.3 Å². The molecule has 1 heterocycles. The molecule has 1 fully saturated rings. The van der Waals surface area contributed by atoms with Crippen molar-refractivity contribution in [2.75, 3.05) is 6.61 Å². The quantitative estimate of drug-likeness (QED) is 0.867. The van der Waals surface area contributed by atoms with Gasteiger partial charge in [-0.2, -0.15) is 11.3 Å². The van der Waals surface area contributed by atoms with Gasteiger partial charge in [-0.1, -0.05) is 13.8 Å². The molecule has 5 heteroatoms. The summed E-state index contributed by atoms with van der Waals surface area (Å²) in [5.74, 6) is -0.0837. The Morgan fingerprint density at radius 2 is 2.37 bits per heavy atom. The van der Waals surface area contributed by atoms with Crippen LogP contribution in [0.2, 0.25) is 0 Å². The summed E-state index contributed by atoms with van der Waals surface area (Å²) < 4.78 is 5.63. The molecule has 106 valence electrons. The van der Waals surface area contributed by atoms with E-state index in [0.29, 0.717) is 19.6 Å². The summed E-state index contributed by atoms with van der Waals surface area (Å²) in [7, 11) is 0. The molecule has 1 aromatic heterocycles. The first-order valence-corrected chi connectivity index (χ1v) is 7.56. The van der Waals surface area contributed by atoms with Crippen LogP contribution in [0.1, 0.15) is 32.8 Å². The molecular formula is C14H22N2O2S. The van der Waals surface area contributed by atoms with E-state index in [0.717, 1.165) is 5.56 Å². The summed E-state index contributed by atoms with van der Waals surface area (Å²) in [5, 5.41) is 6.96. The Labute approximate surface area is 118 Å². The maximum atomic E-state index is 12.3. The summed E-state index contributed by atoms with van der Waals surface area (Å²) in [6.45, 7) is 7.16. The number of thiophene rings is 1. The van der Waals surface area contributed by atoms with Gasteiger partial charge in [0.2, 0.25) is 5.91 Å². The molecule has 2 unspecified atom stereocenters. The number of amides is 1. The second-order valence-electron chi connectivity index (χ2n) is 5.66. The van der Waals surface area contributed by atoms with Crippen molar-refractivity contribution in [2.45, 2.75) is 45.4 Å². The monoisotopic (exact) mass is 282 g/mol. The number of nitrogens with two attached hydrogens (primary N) is 1. The normalized spacial score (nSPS) is 28.7. The van der Waals surface area contributed by atoms with Crippen molar-refractivity contribution in [2.24, 2.45) is 11.1 Å². The van der Waals surface area contributed by atoms with Crippen molar-refractivity contribution in [3.05, 3.63) is 22.4 Å². The molecule has 1 amide bonds. The minimum Gasteiger partial charge on any atom is -0.378 e. The number of ether oxygens (including phenoxy) is 1. The third kappa shape index (κ3) is 2.42. The van der Waals surface area contributed by atoms with Crippen molar-refractivity contribution >= 4 is 17.2 Å². The van der Waals surface area contributed by atoms with Gasteiger partial charge in [-0.15, -0.1) is 0 Å². The van der Waals surface area contributed by atoms with Crippen LogP contribution in [-0.4, -0.2) is 24.2 Å². The Kier molecular flexibility index (Phi) is 3.99. The molecule has 0 bridgehead atoms. The van der Waals surface area contributed by atoms with Gasteiger partial charge in [-0.3, -0.25) is 4.79 Å². The molecule has 0 radical (unpaired) electrons. The standard InChI is InChI=1S/C14H22N2O2S/c1-4-18-11-7-14(15,13(11,2)3)12(17)16-8-10-5-6-19-9-10/h5-6,9,11H,4,7-8,15H2,1-3H3,(H,16,17).